The van der Waals surface area contributed by atoms with Crippen LogP contribution in [0.2, 0.25) is 15.1 Å². The van der Waals surface area contributed by atoms with E-state index in [0.29, 0.717) is 26.2 Å². The van der Waals surface area contributed by atoms with Gasteiger partial charge < -0.3 is 0 Å². The second-order valence-corrected chi connectivity index (χ2v) is 5.10. The fraction of sp³-hybridized carbons (Fsp3) is 0. The molecule has 0 heterocycles. The Hall–Kier alpha value is -1.55. The van der Waals surface area contributed by atoms with Crippen molar-refractivity contribution in [1.82, 2.24) is 5.43 Å². The first kappa shape index (κ1) is 14.9. The third-order valence-electron chi connectivity index (χ3n) is 2.45. The molecule has 2 aromatic rings. The molecule has 0 aliphatic heterocycles. The molecule has 0 radical (unpaired) electrons. The van der Waals surface area contributed by atoms with Crippen molar-refractivity contribution in [3.8, 4) is 0 Å². The van der Waals surface area contributed by atoms with E-state index in [9.17, 15) is 4.79 Å². The molecule has 0 aliphatic rings. The normalized spacial score (nSPS) is 10.8. The van der Waals surface area contributed by atoms with Crippen LogP contribution in [0.4, 0.5) is 0 Å². The summed E-state index contributed by atoms with van der Waals surface area (Å²) < 4.78 is 0. The van der Waals surface area contributed by atoms with Gasteiger partial charge in [-0.3, -0.25) is 4.79 Å². The maximum atomic E-state index is 11.8. The lowest BCUT2D eigenvalue weighted by Gasteiger charge is -2.02. The first-order chi connectivity index (χ1) is 9.58. The lowest BCUT2D eigenvalue weighted by atomic mass is 10.2. The number of carbonyl (C=O) groups excluding carboxylic acids is 1. The molecule has 0 bridgehead atoms. The minimum absolute atomic E-state index is 0.369. The number of hydrazone groups is 1. The van der Waals surface area contributed by atoms with Crippen LogP contribution < -0.4 is 5.43 Å². The molecule has 0 atom stereocenters. The summed E-state index contributed by atoms with van der Waals surface area (Å²) in [4.78, 5) is 11.8. The number of carbonyl (C=O) groups is 1. The Bertz CT molecular complexity index is 651. The van der Waals surface area contributed by atoms with E-state index in [1.165, 1.54) is 6.21 Å². The zero-order valence-corrected chi connectivity index (χ0v) is 12.4. The van der Waals surface area contributed by atoms with E-state index >= 15 is 0 Å². The van der Waals surface area contributed by atoms with Crippen molar-refractivity contribution in [2.24, 2.45) is 5.10 Å². The summed E-state index contributed by atoms with van der Waals surface area (Å²) in [5.41, 5.74) is 3.34. The smallest absolute Gasteiger partial charge is 0.267 e. The Labute approximate surface area is 131 Å². The van der Waals surface area contributed by atoms with E-state index < -0.39 is 0 Å². The van der Waals surface area contributed by atoms with Crippen molar-refractivity contribution in [3.63, 3.8) is 0 Å². The molecule has 2 aromatic carbocycles. The number of rotatable bonds is 3. The van der Waals surface area contributed by atoms with E-state index in [2.05, 4.69) is 10.5 Å². The average molecular weight is 328 g/mol. The monoisotopic (exact) mass is 326 g/mol. The summed E-state index contributed by atoms with van der Waals surface area (Å²) in [5.74, 6) is -0.369. The predicted molar refractivity (Wildman–Crippen MR) is 83.0 cm³/mol. The molecular weight excluding hydrogens is 319 g/mol. The van der Waals surface area contributed by atoms with Crippen LogP contribution >= 0.6 is 34.8 Å². The molecule has 6 heteroatoms. The van der Waals surface area contributed by atoms with Crippen LogP contribution in [0.3, 0.4) is 0 Å². The van der Waals surface area contributed by atoms with Gasteiger partial charge in [-0.1, -0.05) is 46.9 Å². The van der Waals surface area contributed by atoms with Gasteiger partial charge in [-0.15, -0.1) is 0 Å². The predicted octanol–water partition coefficient (Wildman–Crippen LogP) is 4.41. The summed E-state index contributed by atoms with van der Waals surface area (Å²) in [6.07, 6.45) is 1.40. The Morgan fingerprint density at radius 3 is 2.35 bits per heavy atom. The van der Waals surface area contributed by atoms with Gasteiger partial charge in [-0.25, -0.2) is 5.43 Å². The van der Waals surface area contributed by atoms with Gasteiger partial charge in [0.1, 0.15) is 0 Å². The molecule has 20 heavy (non-hydrogen) atoms. The van der Waals surface area contributed by atoms with Crippen molar-refractivity contribution in [2.45, 2.75) is 0 Å². The van der Waals surface area contributed by atoms with Crippen molar-refractivity contribution < 1.29 is 4.79 Å². The molecule has 0 aromatic heterocycles. The standard InChI is InChI=1S/C14H9Cl3N2O/c15-10-4-1-3-9(7-10)14(20)19-18-8-11-12(16)5-2-6-13(11)17/h1-8H,(H,19,20). The zero-order chi connectivity index (χ0) is 14.5. The Kier molecular flexibility index (Phi) is 5.01. The molecule has 0 unspecified atom stereocenters. The van der Waals surface area contributed by atoms with Crippen LogP contribution in [-0.4, -0.2) is 12.1 Å². The van der Waals surface area contributed by atoms with Crippen LogP contribution in [0.1, 0.15) is 15.9 Å². The maximum Gasteiger partial charge on any atom is 0.271 e. The molecule has 0 saturated heterocycles. The Morgan fingerprint density at radius 2 is 1.70 bits per heavy atom. The highest BCUT2D eigenvalue weighted by atomic mass is 35.5. The minimum Gasteiger partial charge on any atom is -0.267 e. The molecule has 102 valence electrons. The van der Waals surface area contributed by atoms with E-state index in [-0.39, 0.29) is 5.91 Å². The molecule has 1 N–H and O–H groups in total. The Balaban J connectivity index is 2.09. The van der Waals surface area contributed by atoms with Gasteiger partial charge in [0, 0.05) is 16.1 Å². The second kappa shape index (κ2) is 6.75. The molecule has 0 fully saturated rings. The number of amides is 1. The summed E-state index contributed by atoms with van der Waals surface area (Å²) in [6, 6.07) is 11.7. The van der Waals surface area contributed by atoms with Gasteiger partial charge in [0.05, 0.1) is 16.3 Å². The SMILES string of the molecule is O=C(NN=Cc1c(Cl)cccc1Cl)c1cccc(Cl)c1. The van der Waals surface area contributed by atoms with Gasteiger partial charge in [0.25, 0.3) is 5.91 Å². The summed E-state index contributed by atoms with van der Waals surface area (Å²) in [7, 11) is 0. The average Bonchev–Trinajstić information content (AvgIpc) is 2.42. The molecule has 1 amide bonds. The molecule has 3 nitrogen and oxygen atoms in total. The second-order valence-electron chi connectivity index (χ2n) is 3.84. The van der Waals surface area contributed by atoms with Crippen molar-refractivity contribution in [2.75, 3.05) is 0 Å². The first-order valence-corrected chi connectivity index (χ1v) is 6.74. The Morgan fingerprint density at radius 1 is 1.05 bits per heavy atom. The highest BCUT2D eigenvalue weighted by Gasteiger charge is 2.05. The van der Waals surface area contributed by atoms with E-state index in [1.807, 2.05) is 0 Å². The quantitative estimate of drug-likeness (QED) is 0.658. The van der Waals surface area contributed by atoms with Crippen LogP contribution in [0.5, 0.6) is 0 Å². The maximum absolute atomic E-state index is 11.8. The fourth-order valence-electron chi connectivity index (χ4n) is 1.48. The third-order valence-corrected chi connectivity index (χ3v) is 3.34. The van der Waals surface area contributed by atoms with E-state index in [0.717, 1.165) is 0 Å². The first-order valence-electron chi connectivity index (χ1n) is 5.61. The number of nitrogens with zero attached hydrogens (tertiary/aromatic N) is 1. The van der Waals surface area contributed by atoms with Crippen molar-refractivity contribution in [1.29, 1.82) is 0 Å². The van der Waals surface area contributed by atoms with Gasteiger partial charge in [0.15, 0.2) is 0 Å². The third kappa shape index (κ3) is 3.73. The van der Waals surface area contributed by atoms with Crippen molar-refractivity contribution >= 4 is 46.9 Å². The summed E-state index contributed by atoms with van der Waals surface area (Å²) in [5, 5.41) is 5.23. The fourth-order valence-corrected chi connectivity index (χ4v) is 2.17. The summed E-state index contributed by atoms with van der Waals surface area (Å²) >= 11 is 17.8. The van der Waals surface area contributed by atoms with Crippen LogP contribution in [-0.2, 0) is 0 Å². The highest BCUT2D eigenvalue weighted by Crippen LogP contribution is 2.22. The van der Waals surface area contributed by atoms with E-state index in [1.54, 1.807) is 42.5 Å². The number of halogens is 3. The van der Waals surface area contributed by atoms with E-state index in [4.69, 9.17) is 34.8 Å². The van der Waals surface area contributed by atoms with Crippen molar-refractivity contribution in [3.05, 3.63) is 68.7 Å². The van der Waals surface area contributed by atoms with Gasteiger partial charge >= 0.3 is 0 Å². The molecule has 0 saturated carbocycles. The van der Waals surface area contributed by atoms with Gasteiger partial charge in [-0.2, -0.15) is 5.10 Å². The highest BCUT2D eigenvalue weighted by molar-refractivity contribution is 6.38. The molecule has 2 rings (SSSR count). The van der Waals surface area contributed by atoms with Crippen LogP contribution in [0, 0.1) is 0 Å². The topological polar surface area (TPSA) is 41.5 Å². The minimum atomic E-state index is -0.369. The molecule has 0 spiro atoms. The number of nitrogens with one attached hydrogen (secondary N) is 1. The lowest BCUT2D eigenvalue weighted by Crippen LogP contribution is -2.17. The van der Waals surface area contributed by atoms with Crippen LogP contribution in [0.25, 0.3) is 0 Å². The number of benzene rings is 2. The summed E-state index contributed by atoms with van der Waals surface area (Å²) in [6.45, 7) is 0. The number of hydrogen-bond acceptors (Lipinski definition) is 2. The van der Waals surface area contributed by atoms with Gasteiger partial charge in [0.2, 0.25) is 0 Å². The van der Waals surface area contributed by atoms with Gasteiger partial charge in [-0.05, 0) is 30.3 Å². The lowest BCUT2D eigenvalue weighted by molar-refractivity contribution is 0.0955. The van der Waals surface area contributed by atoms with Crippen LogP contribution in [0.15, 0.2) is 47.6 Å². The molecule has 0 aliphatic carbocycles. The largest absolute Gasteiger partial charge is 0.271 e. The number of hydrogen-bond donors (Lipinski definition) is 1. The zero-order valence-electron chi connectivity index (χ0n) is 10.1. The molecular formula is C14H9Cl3N2O.